The maximum atomic E-state index is 12.0. The van der Waals surface area contributed by atoms with Crippen molar-refractivity contribution in [1.29, 1.82) is 0 Å². The summed E-state index contributed by atoms with van der Waals surface area (Å²) < 4.78 is 5.29. The minimum Gasteiger partial charge on any atom is -0.444 e. The smallest absolute Gasteiger partial charge is 0.407 e. The van der Waals surface area contributed by atoms with Crippen LogP contribution in [0.5, 0.6) is 0 Å². The summed E-state index contributed by atoms with van der Waals surface area (Å²) in [6.45, 7) is 7.64. The number of hydrogen-bond donors (Lipinski definition) is 1. The number of carbonyl (C=O) groups excluding carboxylic acids is 2. The minimum absolute atomic E-state index is 0.00105. The Labute approximate surface area is 122 Å². The van der Waals surface area contributed by atoms with Gasteiger partial charge in [-0.15, -0.1) is 0 Å². The van der Waals surface area contributed by atoms with Crippen LogP contribution in [-0.4, -0.2) is 42.6 Å². The third kappa shape index (κ3) is 5.02. The largest absolute Gasteiger partial charge is 0.444 e. The SMILES string of the molecule is CC1CC[C@H](C(=O)N(C)C)C[C@H]1NC(=O)OC(C)(C)C. The Balaban J connectivity index is 2.59. The van der Waals surface area contributed by atoms with Gasteiger partial charge in [0.1, 0.15) is 5.60 Å². The average molecular weight is 284 g/mol. The van der Waals surface area contributed by atoms with Gasteiger partial charge in [-0.1, -0.05) is 6.92 Å². The van der Waals surface area contributed by atoms with Crippen molar-refractivity contribution < 1.29 is 14.3 Å². The highest BCUT2D eigenvalue weighted by Crippen LogP contribution is 2.30. The molecule has 1 aliphatic rings. The molecule has 0 bridgehead atoms. The molecular weight excluding hydrogens is 256 g/mol. The molecule has 0 heterocycles. The predicted octanol–water partition coefficient (Wildman–Crippen LogP) is 2.40. The molecule has 2 amide bonds. The Hall–Kier alpha value is -1.26. The molecule has 0 spiro atoms. The number of alkyl carbamates (subject to hydrolysis) is 1. The molecule has 0 aromatic rings. The summed E-state index contributed by atoms with van der Waals surface area (Å²) in [5.41, 5.74) is -0.499. The molecule has 20 heavy (non-hydrogen) atoms. The van der Waals surface area contributed by atoms with E-state index in [9.17, 15) is 9.59 Å². The van der Waals surface area contributed by atoms with Gasteiger partial charge in [0.2, 0.25) is 5.91 Å². The highest BCUT2D eigenvalue weighted by Gasteiger charge is 2.34. The van der Waals surface area contributed by atoms with Gasteiger partial charge in [0.15, 0.2) is 0 Å². The first-order valence-electron chi connectivity index (χ1n) is 7.31. The summed E-state index contributed by atoms with van der Waals surface area (Å²) in [7, 11) is 3.55. The second-order valence-electron chi connectivity index (χ2n) is 6.97. The first-order chi connectivity index (χ1) is 9.10. The molecule has 1 rings (SSSR count). The normalized spacial score (nSPS) is 26.8. The minimum atomic E-state index is -0.499. The van der Waals surface area contributed by atoms with Crippen LogP contribution in [0.1, 0.15) is 47.0 Å². The summed E-state index contributed by atoms with van der Waals surface area (Å²) in [6.07, 6.45) is 2.14. The number of nitrogens with zero attached hydrogens (tertiary/aromatic N) is 1. The van der Waals surface area contributed by atoms with Crippen molar-refractivity contribution in [2.24, 2.45) is 11.8 Å². The third-order valence-corrected chi connectivity index (χ3v) is 3.69. The third-order valence-electron chi connectivity index (χ3n) is 3.69. The van der Waals surface area contributed by atoms with Gasteiger partial charge >= 0.3 is 6.09 Å². The standard InChI is InChI=1S/C15H28N2O3/c1-10-7-8-11(13(18)17(5)6)9-12(10)16-14(19)20-15(2,3)4/h10-12H,7-9H2,1-6H3,(H,16,19)/t10?,11-,12+/m0/s1. The van der Waals surface area contributed by atoms with Crippen molar-refractivity contribution in [1.82, 2.24) is 10.2 Å². The average Bonchev–Trinajstić information content (AvgIpc) is 2.28. The molecule has 116 valence electrons. The van der Waals surface area contributed by atoms with E-state index < -0.39 is 11.7 Å². The van der Waals surface area contributed by atoms with Crippen LogP contribution >= 0.6 is 0 Å². The molecule has 3 atom stereocenters. The van der Waals surface area contributed by atoms with Crippen LogP contribution in [0.15, 0.2) is 0 Å². The van der Waals surface area contributed by atoms with E-state index in [0.717, 1.165) is 12.8 Å². The van der Waals surface area contributed by atoms with E-state index in [1.807, 2.05) is 20.8 Å². The Morgan fingerprint density at radius 2 is 1.80 bits per heavy atom. The second-order valence-corrected chi connectivity index (χ2v) is 6.97. The van der Waals surface area contributed by atoms with Gasteiger partial charge in [0.25, 0.3) is 0 Å². The lowest BCUT2D eigenvalue weighted by Gasteiger charge is -2.35. The maximum absolute atomic E-state index is 12.0. The molecule has 0 aliphatic heterocycles. The zero-order chi connectivity index (χ0) is 15.5. The number of carbonyl (C=O) groups is 2. The Morgan fingerprint density at radius 3 is 2.30 bits per heavy atom. The zero-order valence-electron chi connectivity index (χ0n) is 13.5. The van der Waals surface area contributed by atoms with Gasteiger partial charge in [0.05, 0.1) is 0 Å². The summed E-state index contributed by atoms with van der Waals surface area (Å²) in [5.74, 6) is 0.516. The van der Waals surface area contributed by atoms with Crippen LogP contribution in [0.2, 0.25) is 0 Å². The van der Waals surface area contributed by atoms with E-state index in [0.29, 0.717) is 12.3 Å². The fourth-order valence-corrected chi connectivity index (χ4v) is 2.57. The molecular formula is C15H28N2O3. The van der Waals surface area contributed by atoms with Crippen LogP contribution in [-0.2, 0) is 9.53 Å². The van der Waals surface area contributed by atoms with Gasteiger partial charge in [-0.25, -0.2) is 4.79 Å². The van der Waals surface area contributed by atoms with Crippen LogP contribution in [0.25, 0.3) is 0 Å². The summed E-state index contributed by atoms with van der Waals surface area (Å²) in [5, 5.41) is 2.92. The number of hydrogen-bond acceptors (Lipinski definition) is 3. The number of amides is 2. The van der Waals surface area contributed by atoms with Gasteiger partial charge in [-0.2, -0.15) is 0 Å². The van der Waals surface area contributed by atoms with E-state index in [1.165, 1.54) is 0 Å². The van der Waals surface area contributed by atoms with E-state index in [-0.39, 0.29) is 17.9 Å². The molecule has 1 aliphatic carbocycles. The highest BCUT2D eigenvalue weighted by molar-refractivity contribution is 5.78. The molecule has 1 N–H and O–H groups in total. The molecule has 5 nitrogen and oxygen atoms in total. The van der Waals surface area contributed by atoms with E-state index in [4.69, 9.17) is 4.74 Å². The van der Waals surface area contributed by atoms with Crippen molar-refractivity contribution >= 4 is 12.0 Å². The maximum Gasteiger partial charge on any atom is 0.407 e. The lowest BCUT2D eigenvalue weighted by atomic mass is 9.78. The van der Waals surface area contributed by atoms with Gasteiger partial charge in [-0.05, 0) is 46.0 Å². The predicted molar refractivity (Wildman–Crippen MR) is 78.4 cm³/mol. The second kappa shape index (κ2) is 6.46. The quantitative estimate of drug-likeness (QED) is 0.847. The van der Waals surface area contributed by atoms with E-state index in [2.05, 4.69) is 12.2 Å². The fraction of sp³-hybridized carbons (Fsp3) is 0.867. The lowest BCUT2D eigenvalue weighted by molar-refractivity contribution is -0.134. The van der Waals surface area contributed by atoms with Crippen molar-refractivity contribution in [3.05, 3.63) is 0 Å². The molecule has 5 heteroatoms. The lowest BCUT2D eigenvalue weighted by Crippen LogP contribution is -2.47. The van der Waals surface area contributed by atoms with Crippen LogP contribution < -0.4 is 5.32 Å². The molecule has 0 aromatic carbocycles. The summed E-state index contributed by atoms with van der Waals surface area (Å²) in [4.78, 5) is 25.5. The topological polar surface area (TPSA) is 58.6 Å². The molecule has 1 saturated carbocycles. The number of ether oxygens (including phenoxy) is 1. The Kier molecular flexibility index (Phi) is 5.42. The molecule has 0 radical (unpaired) electrons. The number of nitrogens with one attached hydrogen (secondary N) is 1. The molecule has 1 fully saturated rings. The monoisotopic (exact) mass is 284 g/mol. The van der Waals surface area contributed by atoms with Crippen molar-refractivity contribution in [3.63, 3.8) is 0 Å². The van der Waals surface area contributed by atoms with E-state index >= 15 is 0 Å². The van der Waals surface area contributed by atoms with E-state index in [1.54, 1.807) is 19.0 Å². The summed E-state index contributed by atoms with van der Waals surface area (Å²) >= 11 is 0. The van der Waals surface area contributed by atoms with Gasteiger partial charge in [0, 0.05) is 26.1 Å². The molecule has 1 unspecified atom stereocenters. The van der Waals surface area contributed by atoms with Crippen LogP contribution in [0.4, 0.5) is 4.79 Å². The van der Waals surface area contributed by atoms with Crippen molar-refractivity contribution in [2.45, 2.75) is 58.6 Å². The molecule has 0 aromatic heterocycles. The van der Waals surface area contributed by atoms with Gasteiger partial charge in [-0.3, -0.25) is 4.79 Å². The highest BCUT2D eigenvalue weighted by atomic mass is 16.6. The van der Waals surface area contributed by atoms with Crippen LogP contribution in [0, 0.1) is 11.8 Å². The first kappa shape index (κ1) is 16.8. The van der Waals surface area contributed by atoms with Crippen molar-refractivity contribution in [3.8, 4) is 0 Å². The number of rotatable bonds is 2. The van der Waals surface area contributed by atoms with Gasteiger partial charge < -0.3 is 15.0 Å². The van der Waals surface area contributed by atoms with Crippen LogP contribution in [0.3, 0.4) is 0 Å². The Morgan fingerprint density at radius 1 is 1.20 bits per heavy atom. The fourth-order valence-electron chi connectivity index (χ4n) is 2.57. The summed E-state index contributed by atoms with van der Waals surface area (Å²) in [6, 6.07) is 0.00694. The first-order valence-corrected chi connectivity index (χ1v) is 7.31. The zero-order valence-corrected chi connectivity index (χ0v) is 13.5. The Bertz CT molecular complexity index is 361. The molecule has 0 saturated heterocycles. The van der Waals surface area contributed by atoms with Crippen molar-refractivity contribution in [2.75, 3.05) is 14.1 Å².